The Hall–Kier alpha value is -2.30. The molecule has 0 aliphatic rings. The summed E-state index contributed by atoms with van der Waals surface area (Å²) in [5.41, 5.74) is 3.04. The van der Waals surface area contributed by atoms with Gasteiger partial charge < -0.3 is 14.5 Å². The second kappa shape index (κ2) is 5.97. The zero-order valence-electron chi connectivity index (χ0n) is 13.6. The average molecular weight is 318 g/mol. The lowest BCUT2D eigenvalue weighted by molar-refractivity contribution is 0.425. The van der Waals surface area contributed by atoms with Crippen LogP contribution in [0.2, 0.25) is 0 Å². The quantitative estimate of drug-likeness (QED) is 0.563. The van der Waals surface area contributed by atoms with E-state index in [1.807, 2.05) is 42.5 Å². The van der Waals surface area contributed by atoms with E-state index in [1.165, 1.54) is 5.56 Å². The Morgan fingerprint density at radius 1 is 1.00 bits per heavy atom. The summed E-state index contributed by atoms with van der Waals surface area (Å²) in [5.74, 6) is 0. The normalized spacial score (nSPS) is 11.6. The molecule has 0 atom stereocenters. The molecule has 0 bridgehead atoms. The maximum atomic E-state index is 9.81. The predicted octanol–water partition coefficient (Wildman–Crippen LogP) is 3.76. The smallest absolute Gasteiger partial charge is 0.456 e. The Morgan fingerprint density at radius 3 is 2.62 bits per heavy atom. The van der Waals surface area contributed by atoms with Crippen molar-refractivity contribution in [2.45, 2.75) is 26.2 Å². The van der Waals surface area contributed by atoms with E-state index in [0.29, 0.717) is 11.0 Å². The van der Waals surface area contributed by atoms with Crippen LogP contribution in [0.4, 0.5) is 0 Å². The molecule has 0 saturated carbocycles. The first kappa shape index (κ1) is 15.2. The molecule has 0 radical (unpaired) electrons. The first-order chi connectivity index (χ1) is 11.7. The lowest BCUT2D eigenvalue weighted by atomic mass is 9.77. The van der Waals surface area contributed by atoms with Crippen LogP contribution >= 0.6 is 0 Å². The summed E-state index contributed by atoms with van der Waals surface area (Å²) in [4.78, 5) is 0. The van der Waals surface area contributed by atoms with Gasteiger partial charge in [-0.25, -0.2) is 0 Å². The summed E-state index contributed by atoms with van der Waals surface area (Å²) in [5, 5.41) is 23.8. The third-order valence-corrected chi connectivity index (χ3v) is 4.68. The molecule has 2 N–H and O–H groups in total. The maximum absolute atomic E-state index is 9.81. The van der Waals surface area contributed by atoms with Crippen molar-refractivity contribution in [3.63, 3.8) is 0 Å². The zero-order chi connectivity index (χ0) is 16.7. The van der Waals surface area contributed by atoms with E-state index in [0.717, 1.165) is 46.4 Å². The first-order valence-electron chi connectivity index (χ1n) is 8.42. The molecule has 120 valence electrons. The summed E-state index contributed by atoms with van der Waals surface area (Å²) in [6, 6.07) is 15.9. The standard InChI is InChI=1S/C20H19BO3/c1-2-3-7-13-8-6-9-14-12-16(21(22)23)20-19(18(13)14)15-10-4-5-11-17(15)24-20/h4-6,8-12,22-23H,2-3,7H2,1H3. The monoisotopic (exact) mass is 318 g/mol. The van der Waals surface area contributed by atoms with Crippen molar-refractivity contribution in [2.75, 3.05) is 0 Å². The van der Waals surface area contributed by atoms with Crippen LogP contribution in [-0.4, -0.2) is 17.2 Å². The molecule has 0 aliphatic carbocycles. The lowest BCUT2D eigenvalue weighted by Crippen LogP contribution is -2.30. The molecule has 0 aliphatic heterocycles. The fraction of sp³-hybridized carbons (Fsp3) is 0.200. The lowest BCUT2D eigenvalue weighted by Gasteiger charge is -2.10. The molecule has 3 nitrogen and oxygen atoms in total. The van der Waals surface area contributed by atoms with Gasteiger partial charge in [-0.2, -0.15) is 0 Å². The van der Waals surface area contributed by atoms with Crippen molar-refractivity contribution >= 4 is 45.3 Å². The molecule has 24 heavy (non-hydrogen) atoms. The predicted molar refractivity (Wildman–Crippen MR) is 99.7 cm³/mol. The molecule has 4 aromatic rings. The van der Waals surface area contributed by atoms with Gasteiger partial charge in [0.1, 0.15) is 11.2 Å². The van der Waals surface area contributed by atoms with Crippen molar-refractivity contribution in [3.8, 4) is 0 Å². The van der Waals surface area contributed by atoms with E-state index in [1.54, 1.807) is 0 Å². The summed E-state index contributed by atoms with van der Waals surface area (Å²) in [6.45, 7) is 2.19. The van der Waals surface area contributed by atoms with Crippen LogP contribution in [0.1, 0.15) is 25.3 Å². The van der Waals surface area contributed by atoms with Crippen LogP contribution in [0.3, 0.4) is 0 Å². The number of unbranched alkanes of at least 4 members (excludes halogenated alkanes) is 1. The van der Waals surface area contributed by atoms with Gasteiger partial charge in [0.2, 0.25) is 0 Å². The zero-order valence-corrected chi connectivity index (χ0v) is 13.6. The van der Waals surface area contributed by atoms with Crippen LogP contribution in [-0.2, 0) is 6.42 Å². The van der Waals surface area contributed by atoms with Crippen LogP contribution in [0.25, 0.3) is 32.7 Å². The molecule has 1 aromatic heterocycles. The van der Waals surface area contributed by atoms with Crippen LogP contribution in [0, 0.1) is 0 Å². The van der Waals surface area contributed by atoms with E-state index < -0.39 is 7.12 Å². The molecule has 0 fully saturated rings. The number of hydrogen-bond donors (Lipinski definition) is 2. The van der Waals surface area contributed by atoms with Crippen LogP contribution < -0.4 is 5.46 Å². The molecule has 4 heteroatoms. The largest absolute Gasteiger partial charge is 0.492 e. The number of aryl methyl sites for hydroxylation is 1. The Bertz CT molecular complexity index is 1030. The maximum Gasteiger partial charge on any atom is 0.492 e. The van der Waals surface area contributed by atoms with E-state index in [4.69, 9.17) is 4.42 Å². The molecular formula is C20H19BO3. The second-order valence-electron chi connectivity index (χ2n) is 6.26. The van der Waals surface area contributed by atoms with Crippen LogP contribution in [0.5, 0.6) is 0 Å². The molecule has 0 unspecified atom stereocenters. The minimum absolute atomic E-state index is 0.418. The van der Waals surface area contributed by atoms with Crippen molar-refractivity contribution in [1.29, 1.82) is 0 Å². The second-order valence-corrected chi connectivity index (χ2v) is 6.26. The van der Waals surface area contributed by atoms with Gasteiger partial charge in [0, 0.05) is 16.2 Å². The van der Waals surface area contributed by atoms with E-state index in [9.17, 15) is 10.0 Å². The molecule has 0 amide bonds. The van der Waals surface area contributed by atoms with Gasteiger partial charge in [-0.05, 0) is 35.2 Å². The Morgan fingerprint density at radius 2 is 1.83 bits per heavy atom. The van der Waals surface area contributed by atoms with Gasteiger partial charge in [0.25, 0.3) is 0 Å². The highest BCUT2D eigenvalue weighted by atomic mass is 16.4. The minimum atomic E-state index is -1.56. The fourth-order valence-electron chi connectivity index (χ4n) is 3.54. The van der Waals surface area contributed by atoms with E-state index >= 15 is 0 Å². The highest BCUT2D eigenvalue weighted by Gasteiger charge is 2.22. The first-order valence-corrected chi connectivity index (χ1v) is 8.42. The molecule has 1 heterocycles. The van der Waals surface area contributed by atoms with Gasteiger partial charge >= 0.3 is 7.12 Å². The Kier molecular flexibility index (Phi) is 3.79. The topological polar surface area (TPSA) is 53.6 Å². The summed E-state index contributed by atoms with van der Waals surface area (Å²) < 4.78 is 5.99. The molecule has 3 aromatic carbocycles. The summed E-state index contributed by atoms with van der Waals surface area (Å²) >= 11 is 0. The third-order valence-electron chi connectivity index (χ3n) is 4.68. The van der Waals surface area contributed by atoms with Gasteiger partial charge in [-0.3, -0.25) is 0 Å². The number of para-hydroxylation sites is 1. The summed E-state index contributed by atoms with van der Waals surface area (Å²) in [6.07, 6.45) is 3.27. The molecule has 0 spiro atoms. The van der Waals surface area contributed by atoms with Crippen molar-refractivity contribution < 1.29 is 14.5 Å². The van der Waals surface area contributed by atoms with E-state index in [2.05, 4.69) is 13.0 Å². The highest BCUT2D eigenvalue weighted by Crippen LogP contribution is 2.35. The van der Waals surface area contributed by atoms with E-state index in [-0.39, 0.29) is 0 Å². The van der Waals surface area contributed by atoms with Crippen molar-refractivity contribution in [3.05, 3.63) is 54.1 Å². The number of benzene rings is 3. The highest BCUT2D eigenvalue weighted by molar-refractivity contribution is 6.62. The molecule has 0 saturated heterocycles. The third kappa shape index (κ3) is 2.30. The van der Waals surface area contributed by atoms with Gasteiger partial charge in [-0.15, -0.1) is 0 Å². The van der Waals surface area contributed by atoms with Crippen LogP contribution in [0.15, 0.2) is 52.9 Å². The number of rotatable bonds is 4. The average Bonchev–Trinajstić information content (AvgIpc) is 2.98. The number of furan rings is 1. The minimum Gasteiger partial charge on any atom is -0.456 e. The Balaban J connectivity index is 2.19. The summed E-state index contributed by atoms with van der Waals surface area (Å²) in [7, 11) is -1.56. The Labute approximate surface area is 140 Å². The van der Waals surface area contributed by atoms with Crippen molar-refractivity contribution in [2.24, 2.45) is 0 Å². The van der Waals surface area contributed by atoms with Gasteiger partial charge in [0.15, 0.2) is 0 Å². The van der Waals surface area contributed by atoms with Crippen molar-refractivity contribution in [1.82, 2.24) is 0 Å². The SMILES string of the molecule is CCCCc1cccc2cc(B(O)O)c3oc4ccccc4c3c12. The van der Waals surface area contributed by atoms with Gasteiger partial charge in [0.05, 0.1) is 0 Å². The fourth-order valence-corrected chi connectivity index (χ4v) is 3.54. The molecular weight excluding hydrogens is 299 g/mol. The van der Waals surface area contributed by atoms with Gasteiger partial charge in [-0.1, -0.05) is 55.8 Å². The number of fused-ring (bicyclic) bond motifs is 5. The number of hydrogen-bond acceptors (Lipinski definition) is 3. The molecule has 4 rings (SSSR count).